The second-order valence-corrected chi connectivity index (χ2v) is 9.68. The van der Waals surface area contributed by atoms with Gasteiger partial charge < -0.3 is 20.1 Å². The quantitative estimate of drug-likeness (QED) is 0.332. The zero-order valence-corrected chi connectivity index (χ0v) is 21.8. The Labute approximate surface area is 233 Å². The number of imidazole rings is 1. The van der Waals surface area contributed by atoms with Crippen molar-refractivity contribution < 1.29 is 23.6 Å². The highest BCUT2D eigenvalue weighted by atomic mass is 19.1. The Bertz CT molecular complexity index is 1770. The van der Waals surface area contributed by atoms with Gasteiger partial charge in [-0.3, -0.25) is 23.7 Å². The van der Waals surface area contributed by atoms with Crippen LogP contribution in [0.5, 0.6) is 0 Å². The summed E-state index contributed by atoms with van der Waals surface area (Å²) in [5.41, 5.74) is 2.17. The summed E-state index contributed by atoms with van der Waals surface area (Å²) in [6.07, 6.45) is 1.29. The smallest absolute Gasteiger partial charge is 0.320 e. The van der Waals surface area contributed by atoms with Crippen LogP contribution < -0.4 is 5.32 Å². The zero-order chi connectivity index (χ0) is 28.5. The van der Waals surface area contributed by atoms with Gasteiger partial charge in [-0.05, 0) is 42.5 Å². The Morgan fingerprint density at radius 2 is 1.54 bits per heavy atom. The van der Waals surface area contributed by atoms with Crippen LogP contribution in [-0.4, -0.2) is 74.1 Å². The third kappa shape index (κ3) is 4.93. The minimum absolute atomic E-state index is 0.00310. The third-order valence-electron chi connectivity index (χ3n) is 7.17. The number of nitrogens with zero attached hydrogens (tertiary/aromatic N) is 4. The lowest BCUT2D eigenvalue weighted by Gasteiger charge is -2.34. The molecule has 2 N–H and O–H groups in total. The maximum Gasteiger partial charge on any atom is 0.320 e. The molecule has 206 valence electrons. The maximum atomic E-state index is 14.7. The summed E-state index contributed by atoms with van der Waals surface area (Å²) in [5.74, 6) is -2.50. The van der Waals surface area contributed by atoms with E-state index in [4.69, 9.17) is 0 Å². The molecule has 1 aliphatic heterocycles. The molecule has 3 amide bonds. The van der Waals surface area contributed by atoms with E-state index in [1.807, 2.05) is 30.3 Å². The third-order valence-corrected chi connectivity index (χ3v) is 7.17. The van der Waals surface area contributed by atoms with Crippen molar-refractivity contribution in [2.75, 3.05) is 26.2 Å². The molecule has 3 heterocycles. The monoisotopic (exact) mass is 552 g/mol. The number of benzene rings is 3. The molecule has 0 unspecified atom stereocenters. The van der Waals surface area contributed by atoms with Gasteiger partial charge in [-0.1, -0.05) is 30.3 Å². The fourth-order valence-corrected chi connectivity index (χ4v) is 5.04. The van der Waals surface area contributed by atoms with E-state index in [1.165, 1.54) is 23.2 Å². The van der Waals surface area contributed by atoms with Crippen LogP contribution in [0.1, 0.15) is 31.3 Å². The molecule has 2 aromatic heterocycles. The van der Waals surface area contributed by atoms with E-state index < -0.39 is 23.5 Å². The Balaban J connectivity index is 1.18. The number of fused-ring (bicyclic) bond motifs is 2. The molecule has 5 aromatic rings. The summed E-state index contributed by atoms with van der Waals surface area (Å²) in [5, 5.41) is 2.80. The van der Waals surface area contributed by atoms with E-state index in [9.17, 15) is 23.6 Å². The van der Waals surface area contributed by atoms with Crippen molar-refractivity contribution in [1.29, 1.82) is 0 Å². The van der Waals surface area contributed by atoms with E-state index in [2.05, 4.69) is 15.3 Å². The number of H-pyrrole nitrogens is 1. The molecule has 0 atom stereocenters. The summed E-state index contributed by atoms with van der Waals surface area (Å²) in [7, 11) is 0. The van der Waals surface area contributed by atoms with Crippen molar-refractivity contribution in [2.45, 2.75) is 6.54 Å². The second-order valence-electron chi connectivity index (χ2n) is 9.68. The van der Waals surface area contributed by atoms with Crippen LogP contribution >= 0.6 is 0 Å². The van der Waals surface area contributed by atoms with Gasteiger partial charge in [-0.2, -0.15) is 0 Å². The molecule has 3 aromatic carbocycles. The van der Waals surface area contributed by atoms with E-state index in [0.717, 1.165) is 21.7 Å². The summed E-state index contributed by atoms with van der Waals surface area (Å²) in [6.45, 7) is 0.946. The first-order valence-electron chi connectivity index (χ1n) is 13.1. The number of piperazine rings is 1. The number of halogens is 1. The Kier molecular flexibility index (Phi) is 6.76. The van der Waals surface area contributed by atoms with Crippen LogP contribution in [0.4, 0.5) is 4.39 Å². The number of carbonyl (C=O) groups excluding carboxylic acids is 4. The van der Waals surface area contributed by atoms with Crippen LogP contribution in [-0.2, 0) is 11.3 Å². The zero-order valence-electron chi connectivity index (χ0n) is 21.8. The lowest BCUT2D eigenvalue weighted by Crippen LogP contribution is -2.52. The van der Waals surface area contributed by atoms with Gasteiger partial charge in [0.1, 0.15) is 11.6 Å². The summed E-state index contributed by atoms with van der Waals surface area (Å²) >= 11 is 0. The number of aromatic nitrogens is 3. The largest absolute Gasteiger partial charge is 0.345 e. The van der Waals surface area contributed by atoms with Gasteiger partial charge in [-0.25, -0.2) is 9.37 Å². The normalized spacial score (nSPS) is 13.5. The topological polar surface area (TPSA) is 120 Å². The average molecular weight is 553 g/mol. The van der Waals surface area contributed by atoms with Crippen LogP contribution in [0.2, 0.25) is 0 Å². The first-order valence-corrected chi connectivity index (χ1v) is 13.1. The lowest BCUT2D eigenvalue weighted by molar-refractivity contribution is -0.128. The predicted octanol–water partition coefficient (Wildman–Crippen LogP) is 3.21. The number of nitrogens with one attached hydrogen (secondary N) is 2. The number of para-hydroxylation sites is 2. The molecule has 0 spiro atoms. The van der Waals surface area contributed by atoms with Crippen molar-refractivity contribution in [1.82, 2.24) is 29.7 Å². The van der Waals surface area contributed by atoms with E-state index in [0.29, 0.717) is 11.4 Å². The van der Waals surface area contributed by atoms with E-state index in [-0.39, 0.29) is 55.1 Å². The van der Waals surface area contributed by atoms with Crippen molar-refractivity contribution in [2.24, 2.45) is 0 Å². The Hall–Kier alpha value is -5.32. The standard InChI is InChI=1S/C30H25FN6O4/c31-22-11-10-21(27(38)32-18-25-33-23-8-4-5-9-24(23)34-25)26-20(22)12-13-37(26)30(41)29(40)36-16-14-35(15-17-36)28(39)19-6-2-1-3-7-19/h1-13H,14-18H2,(H,32,38)(H,33,34). The lowest BCUT2D eigenvalue weighted by atomic mass is 10.1. The molecule has 10 nitrogen and oxygen atoms in total. The van der Waals surface area contributed by atoms with Gasteiger partial charge in [0.15, 0.2) is 0 Å². The molecule has 6 rings (SSSR count). The van der Waals surface area contributed by atoms with Crippen LogP contribution in [0.15, 0.2) is 79.0 Å². The van der Waals surface area contributed by atoms with Gasteiger partial charge in [0.2, 0.25) is 0 Å². The molecular formula is C30H25FN6O4. The highest BCUT2D eigenvalue weighted by Crippen LogP contribution is 2.24. The fourth-order valence-electron chi connectivity index (χ4n) is 5.04. The highest BCUT2D eigenvalue weighted by Gasteiger charge is 2.30. The molecule has 0 radical (unpaired) electrons. The second kappa shape index (κ2) is 10.7. The average Bonchev–Trinajstić information content (AvgIpc) is 3.65. The van der Waals surface area contributed by atoms with Crippen molar-refractivity contribution in [3.05, 3.63) is 102 Å². The SMILES string of the molecule is O=C(NCc1nc2ccccc2[nH]1)c1ccc(F)c2ccn(C(=O)C(=O)N3CCN(C(=O)c4ccccc4)CC3)c12. The van der Waals surface area contributed by atoms with Crippen LogP contribution in [0.25, 0.3) is 21.9 Å². The van der Waals surface area contributed by atoms with Crippen molar-refractivity contribution >= 4 is 45.6 Å². The van der Waals surface area contributed by atoms with E-state index >= 15 is 0 Å². The van der Waals surface area contributed by atoms with E-state index in [1.54, 1.807) is 29.2 Å². The molecule has 1 aliphatic rings. The molecule has 1 fully saturated rings. The number of hydrogen-bond acceptors (Lipinski definition) is 5. The Morgan fingerprint density at radius 3 is 2.29 bits per heavy atom. The molecule has 0 saturated carbocycles. The summed E-state index contributed by atoms with van der Waals surface area (Å²) in [4.78, 5) is 63.0. The fraction of sp³-hybridized carbons (Fsp3) is 0.167. The van der Waals surface area contributed by atoms with Crippen LogP contribution in [0.3, 0.4) is 0 Å². The van der Waals surface area contributed by atoms with Crippen molar-refractivity contribution in [3.63, 3.8) is 0 Å². The van der Waals surface area contributed by atoms with Gasteiger partial charge in [0, 0.05) is 43.3 Å². The van der Waals surface area contributed by atoms with Crippen molar-refractivity contribution in [3.8, 4) is 0 Å². The Morgan fingerprint density at radius 1 is 0.829 bits per heavy atom. The minimum atomic E-state index is -0.917. The summed E-state index contributed by atoms with van der Waals surface area (Å²) < 4.78 is 15.7. The molecule has 41 heavy (non-hydrogen) atoms. The van der Waals surface area contributed by atoms with Gasteiger partial charge in [-0.15, -0.1) is 0 Å². The number of amides is 3. The molecular weight excluding hydrogens is 527 g/mol. The predicted molar refractivity (Wildman–Crippen MR) is 149 cm³/mol. The van der Waals surface area contributed by atoms with Gasteiger partial charge >= 0.3 is 11.8 Å². The molecule has 0 bridgehead atoms. The maximum absolute atomic E-state index is 14.7. The highest BCUT2D eigenvalue weighted by molar-refractivity contribution is 6.37. The number of carbonyl (C=O) groups is 4. The first kappa shape index (κ1) is 25.9. The minimum Gasteiger partial charge on any atom is -0.345 e. The number of rotatable bonds is 4. The first-order chi connectivity index (χ1) is 19.9. The molecule has 11 heteroatoms. The van der Waals surface area contributed by atoms with Gasteiger partial charge in [0.05, 0.1) is 28.7 Å². The molecule has 1 saturated heterocycles. The van der Waals surface area contributed by atoms with Gasteiger partial charge in [0.25, 0.3) is 11.8 Å². The number of aromatic amines is 1. The molecule has 0 aliphatic carbocycles. The summed E-state index contributed by atoms with van der Waals surface area (Å²) in [6, 6.07) is 20.1. The van der Waals surface area contributed by atoms with Crippen LogP contribution in [0, 0.1) is 5.82 Å². The number of hydrogen-bond donors (Lipinski definition) is 2.